The molecule has 1 heterocycles. The van der Waals surface area contributed by atoms with Crippen molar-refractivity contribution in [1.82, 2.24) is 15.5 Å². The van der Waals surface area contributed by atoms with Crippen molar-refractivity contribution in [3.63, 3.8) is 0 Å². The summed E-state index contributed by atoms with van der Waals surface area (Å²) in [6.45, 7) is 4.97. The fourth-order valence-corrected chi connectivity index (χ4v) is 5.54. The predicted octanol–water partition coefficient (Wildman–Crippen LogP) is 6.14. The first kappa shape index (κ1) is 31.9. The van der Waals surface area contributed by atoms with Crippen LogP contribution in [0.5, 0.6) is 5.75 Å². The molecule has 0 saturated carbocycles. The lowest BCUT2D eigenvalue weighted by molar-refractivity contribution is 0.0593. The SMILES string of the molecule is COc1ccccc1CNCc1ccc(C(=O)CNCCN2CCC(OC(=O)Nc3ccccc3-c3ccccc3)CC2)cc1. The Labute approximate surface area is 265 Å². The van der Waals surface area contributed by atoms with Gasteiger partial charge in [0.1, 0.15) is 11.9 Å². The van der Waals surface area contributed by atoms with E-state index in [0.29, 0.717) is 25.2 Å². The Morgan fingerprint density at radius 1 is 0.800 bits per heavy atom. The van der Waals surface area contributed by atoms with Crippen LogP contribution in [-0.4, -0.2) is 62.7 Å². The lowest BCUT2D eigenvalue weighted by Gasteiger charge is -2.31. The standard InChI is InChI=1S/C37H42N4O4/c1-44-36-14-8-5-11-31(36)26-39-25-28-15-17-30(18-16-28)35(42)27-38-21-24-41-22-19-32(20-23-41)45-37(43)40-34-13-7-6-12-33(34)29-9-3-2-4-10-29/h2-18,32,38-39H,19-27H2,1H3,(H,40,43). The molecule has 8 heteroatoms. The highest BCUT2D eigenvalue weighted by molar-refractivity contribution is 5.97. The second kappa shape index (κ2) is 16.5. The number of Topliss-reactive ketones (excluding diaryl/α,β-unsaturated/α-hetero) is 1. The zero-order chi connectivity index (χ0) is 31.3. The number of likely N-dealkylation sites (tertiary alicyclic amines) is 1. The van der Waals surface area contributed by atoms with Gasteiger partial charge in [-0.2, -0.15) is 0 Å². The van der Waals surface area contributed by atoms with Crippen LogP contribution in [0.1, 0.15) is 34.3 Å². The molecule has 4 aromatic rings. The summed E-state index contributed by atoms with van der Waals surface area (Å²) in [6.07, 6.45) is 1.03. The number of nitrogens with one attached hydrogen (secondary N) is 3. The number of hydrogen-bond donors (Lipinski definition) is 3. The van der Waals surface area contributed by atoms with E-state index in [2.05, 4.69) is 20.9 Å². The molecule has 3 N–H and O–H groups in total. The third-order valence-corrected chi connectivity index (χ3v) is 8.06. The number of para-hydroxylation sites is 2. The van der Waals surface area contributed by atoms with Gasteiger partial charge in [-0.05, 0) is 36.1 Å². The molecule has 0 unspecified atom stereocenters. The first-order valence-electron chi connectivity index (χ1n) is 15.6. The maximum absolute atomic E-state index is 12.7. The molecule has 8 nitrogen and oxygen atoms in total. The van der Waals surface area contributed by atoms with E-state index in [0.717, 1.165) is 72.7 Å². The van der Waals surface area contributed by atoms with E-state index in [9.17, 15) is 9.59 Å². The van der Waals surface area contributed by atoms with E-state index >= 15 is 0 Å². The van der Waals surface area contributed by atoms with Crippen molar-refractivity contribution in [2.24, 2.45) is 0 Å². The van der Waals surface area contributed by atoms with Crippen molar-refractivity contribution in [2.75, 3.05) is 45.2 Å². The van der Waals surface area contributed by atoms with Crippen LogP contribution in [0.2, 0.25) is 0 Å². The number of carbonyl (C=O) groups is 2. The Bertz CT molecular complexity index is 1520. The number of ether oxygens (including phenoxy) is 2. The van der Waals surface area contributed by atoms with E-state index in [4.69, 9.17) is 9.47 Å². The van der Waals surface area contributed by atoms with E-state index in [-0.39, 0.29) is 11.9 Å². The molecule has 0 bridgehead atoms. The van der Waals surface area contributed by atoms with Crippen LogP contribution in [0, 0.1) is 0 Å². The summed E-state index contributed by atoms with van der Waals surface area (Å²) >= 11 is 0. The summed E-state index contributed by atoms with van der Waals surface area (Å²) in [4.78, 5) is 27.7. The number of benzene rings is 4. The fraction of sp³-hybridized carbons (Fsp3) is 0.297. The second-order valence-electron chi connectivity index (χ2n) is 11.2. The molecule has 0 aliphatic carbocycles. The number of ketones is 1. The van der Waals surface area contributed by atoms with Crippen molar-refractivity contribution in [2.45, 2.75) is 32.0 Å². The molecule has 1 fully saturated rings. The van der Waals surface area contributed by atoms with Crippen molar-refractivity contribution in [1.29, 1.82) is 0 Å². The van der Waals surface area contributed by atoms with Gasteiger partial charge in [0.2, 0.25) is 0 Å². The minimum atomic E-state index is -0.422. The number of carbonyl (C=O) groups excluding carboxylic acids is 2. The molecule has 1 saturated heterocycles. The van der Waals surface area contributed by atoms with Gasteiger partial charge < -0.3 is 25.0 Å². The van der Waals surface area contributed by atoms with Gasteiger partial charge in [0.05, 0.1) is 19.3 Å². The number of anilines is 1. The molecule has 45 heavy (non-hydrogen) atoms. The summed E-state index contributed by atoms with van der Waals surface area (Å²) < 4.78 is 11.2. The Hall–Kier alpha value is -4.50. The van der Waals surface area contributed by atoms with Crippen molar-refractivity contribution in [3.05, 3.63) is 120 Å². The van der Waals surface area contributed by atoms with Crippen LogP contribution in [-0.2, 0) is 17.8 Å². The van der Waals surface area contributed by atoms with Crippen LogP contribution in [0.3, 0.4) is 0 Å². The summed E-state index contributed by atoms with van der Waals surface area (Å²) in [6, 6.07) is 33.5. The Morgan fingerprint density at radius 2 is 1.51 bits per heavy atom. The Kier molecular flexibility index (Phi) is 11.7. The number of piperidine rings is 1. The highest BCUT2D eigenvalue weighted by Gasteiger charge is 2.22. The van der Waals surface area contributed by atoms with Gasteiger partial charge in [0.15, 0.2) is 5.78 Å². The van der Waals surface area contributed by atoms with E-state index in [1.54, 1.807) is 7.11 Å². The van der Waals surface area contributed by atoms with Gasteiger partial charge in [0, 0.05) is 56.0 Å². The average molecular weight is 607 g/mol. The van der Waals surface area contributed by atoms with Gasteiger partial charge in [-0.1, -0.05) is 91.0 Å². The first-order chi connectivity index (χ1) is 22.1. The number of methoxy groups -OCH3 is 1. The second-order valence-corrected chi connectivity index (χ2v) is 11.2. The molecule has 0 atom stereocenters. The third-order valence-electron chi connectivity index (χ3n) is 8.06. The minimum Gasteiger partial charge on any atom is -0.496 e. The van der Waals surface area contributed by atoms with Gasteiger partial charge in [-0.25, -0.2) is 4.79 Å². The van der Waals surface area contributed by atoms with Crippen LogP contribution in [0.25, 0.3) is 11.1 Å². The van der Waals surface area contributed by atoms with Gasteiger partial charge in [-0.3, -0.25) is 10.1 Å². The predicted molar refractivity (Wildman–Crippen MR) is 179 cm³/mol. The summed E-state index contributed by atoms with van der Waals surface area (Å²) in [7, 11) is 1.68. The molecule has 4 aromatic carbocycles. The van der Waals surface area contributed by atoms with Gasteiger partial charge in [0.25, 0.3) is 0 Å². The zero-order valence-electron chi connectivity index (χ0n) is 25.8. The number of hydrogen-bond acceptors (Lipinski definition) is 7. The molecular formula is C37H42N4O4. The van der Waals surface area contributed by atoms with E-state index in [1.165, 1.54) is 0 Å². The lowest BCUT2D eigenvalue weighted by atomic mass is 10.0. The molecule has 1 amide bonds. The van der Waals surface area contributed by atoms with Crippen molar-refractivity contribution in [3.8, 4) is 16.9 Å². The maximum atomic E-state index is 12.7. The normalized spacial score (nSPS) is 13.7. The lowest BCUT2D eigenvalue weighted by Crippen LogP contribution is -2.42. The van der Waals surface area contributed by atoms with E-state index in [1.807, 2.05) is 103 Å². The molecule has 234 valence electrons. The zero-order valence-corrected chi connectivity index (χ0v) is 25.8. The highest BCUT2D eigenvalue weighted by atomic mass is 16.6. The van der Waals surface area contributed by atoms with Crippen LogP contribution in [0.4, 0.5) is 10.5 Å². The van der Waals surface area contributed by atoms with Crippen LogP contribution >= 0.6 is 0 Å². The molecule has 1 aliphatic rings. The van der Waals surface area contributed by atoms with Gasteiger partial charge >= 0.3 is 6.09 Å². The topological polar surface area (TPSA) is 91.9 Å². The molecule has 0 radical (unpaired) electrons. The Morgan fingerprint density at radius 3 is 2.29 bits per heavy atom. The number of nitrogens with zero attached hydrogens (tertiary/aromatic N) is 1. The quantitative estimate of drug-likeness (QED) is 0.117. The molecular weight excluding hydrogens is 564 g/mol. The molecule has 0 spiro atoms. The smallest absolute Gasteiger partial charge is 0.411 e. The van der Waals surface area contributed by atoms with Gasteiger partial charge in [-0.15, -0.1) is 0 Å². The monoisotopic (exact) mass is 606 g/mol. The largest absolute Gasteiger partial charge is 0.496 e. The third kappa shape index (κ3) is 9.49. The summed E-state index contributed by atoms with van der Waals surface area (Å²) in [5.41, 5.74) is 5.68. The van der Waals surface area contributed by atoms with Crippen molar-refractivity contribution >= 4 is 17.6 Å². The molecule has 5 rings (SSSR count). The maximum Gasteiger partial charge on any atom is 0.411 e. The van der Waals surface area contributed by atoms with Crippen LogP contribution in [0.15, 0.2) is 103 Å². The number of amides is 1. The summed E-state index contributed by atoms with van der Waals surface area (Å²) in [5.74, 6) is 0.953. The highest BCUT2D eigenvalue weighted by Crippen LogP contribution is 2.28. The first-order valence-corrected chi connectivity index (χ1v) is 15.6. The average Bonchev–Trinajstić information content (AvgIpc) is 3.08. The number of rotatable bonds is 14. The summed E-state index contributed by atoms with van der Waals surface area (Å²) in [5, 5.41) is 9.65. The van der Waals surface area contributed by atoms with E-state index < -0.39 is 6.09 Å². The fourth-order valence-electron chi connectivity index (χ4n) is 5.54. The minimum absolute atomic E-state index is 0.0792. The van der Waals surface area contributed by atoms with Crippen molar-refractivity contribution < 1.29 is 19.1 Å². The Balaban J connectivity index is 0.960. The molecule has 0 aromatic heterocycles. The molecule has 1 aliphatic heterocycles. The van der Waals surface area contributed by atoms with Crippen LogP contribution < -0.4 is 20.7 Å².